The molecule has 1 aromatic heterocycles. The fourth-order valence-corrected chi connectivity index (χ4v) is 2.55. The minimum absolute atomic E-state index is 0.620. The molecule has 5 heteroatoms. The predicted octanol–water partition coefficient (Wildman–Crippen LogP) is 4.49. The Balaban J connectivity index is 2.40. The number of nitrogens with one attached hydrogen (secondary N) is 1. The number of aryl methyl sites for hydroxylation is 1. The fraction of sp³-hybridized carbons (Fsp3) is 0.154. The van der Waals surface area contributed by atoms with Crippen LogP contribution in [0.5, 0.6) is 0 Å². The molecular weight excluding hydrogens is 358 g/mol. The number of halogens is 2. The standard InChI is InChI=1S/C13H13Br2N3/c1-2-8-5-9(14)3-4-12(8)18-13-10(15)6-17-7-11(13)16/h3-7H,2,16H2,1H3,(H,17,18). The van der Waals surface area contributed by atoms with Gasteiger partial charge in [-0.15, -0.1) is 0 Å². The number of nitrogens with zero attached hydrogens (tertiary/aromatic N) is 1. The second-order valence-corrected chi connectivity index (χ2v) is 5.64. The topological polar surface area (TPSA) is 50.9 Å². The van der Waals surface area contributed by atoms with Crippen LogP contribution >= 0.6 is 31.9 Å². The summed E-state index contributed by atoms with van der Waals surface area (Å²) in [7, 11) is 0. The molecule has 0 radical (unpaired) electrons. The normalized spacial score (nSPS) is 10.4. The maximum absolute atomic E-state index is 5.93. The van der Waals surface area contributed by atoms with Gasteiger partial charge in [-0.3, -0.25) is 4.98 Å². The number of nitrogen functional groups attached to an aromatic ring is 1. The third-order valence-corrected chi connectivity index (χ3v) is 3.73. The molecule has 0 saturated heterocycles. The van der Waals surface area contributed by atoms with Gasteiger partial charge >= 0.3 is 0 Å². The van der Waals surface area contributed by atoms with Crippen LogP contribution in [0.4, 0.5) is 17.1 Å². The van der Waals surface area contributed by atoms with Crippen LogP contribution in [0.3, 0.4) is 0 Å². The highest BCUT2D eigenvalue weighted by Gasteiger charge is 2.08. The number of aromatic nitrogens is 1. The molecule has 94 valence electrons. The number of hydrogen-bond donors (Lipinski definition) is 2. The van der Waals surface area contributed by atoms with Gasteiger partial charge in [-0.25, -0.2) is 0 Å². The highest BCUT2D eigenvalue weighted by Crippen LogP contribution is 2.32. The van der Waals surface area contributed by atoms with Crippen molar-refractivity contribution in [1.29, 1.82) is 0 Å². The SMILES string of the molecule is CCc1cc(Br)ccc1Nc1c(N)cncc1Br. The molecule has 18 heavy (non-hydrogen) atoms. The van der Waals surface area contributed by atoms with Crippen LogP contribution in [0.25, 0.3) is 0 Å². The first-order valence-electron chi connectivity index (χ1n) is 5.56. The van der Waals surface area contributed by atoms with Crippen molar-refractivity contribution in [2.45, 2.75) is 13.3 Å². The summed E-state index contributed by atoms with van der Waals surface area (Å²) >= 11 is 6.93. The van der Waals surface area contributed by atoms with Gasteiger partial charge in [-0.1, -0.05) is 22.9 Å². The number of anilines is 3. The third kappa shape index (κ3) is 2.84. The minimum Gasteiger partial charge on any atom is -0.396 e. The van der Waals surface area contributed by atoms with Gasteiger partial charge < -0.3 is 11.1 Å². The van der Waals surface area contributed by atoms with Crippen LogP contribution in [0.2, 0.25) is 0 Å². The van der Waals surface area contributed by atoms with E-state index in [4.69, 9.17) is 5.73 Å². The molecule has 1 aromatic carbocycles. The quantitative estimate of drug-likeness (QED) is 0.836. The molecule has 0 fully saturated rings. The number of nitrogens with two attached hydrogens (primary N) is 1. The molecule has 0 bridgehead atoms. The molecule has 0 aliphatic carbocycles. The first-order chi connectivity index (χ1) is 8.61. The summed E-state index contributed by atoms with van der Waals surface area (Å²) in [6.07, 6.45) is 4.31. The molecular formula is C13H13Br2N3. The van der Waals surface area contributed by atoms with E-state index in [1.165, 1.54) is 5.56 Å². The second kappa shape index (κ2) is 5.71. The van der Waals surface area contributed by atoms with Crippen molar-refractivity contribution in [2.75, 3.05) is 11.1 Å². The van der Waals surface area contributed by atoms with Gasteiger partial charge in [0.1, 0.15) is 0 Å². The first kappa shape index (κ1) is 13.4. The van der Waals surface area contributed by atoms with E-state index >= 15 is 0 Å². The predicted molar refractivity (Wildman–Crippen MR) is 83.2 cm³/mol. The van der Waals surface area contributed by atoms with Gasteiger partial charge in [-0.05, 0) is 46.1 Å². The lowest BCUT2D eigenvalue weighted by Crippen LogP contribution is -2.00. The summed E-state index contributed by atoms with van der Waals surface area (Å²) < 4.78 is 1.93. The Labute approximate surface area is 123 Å². The van der Waals surface area contributed by atoms with E-state index in [-0.39, 0.29) is 0 Å². The summed E-state index contributed by atoms with van der Waals surface area (Å²) in [5.41, 5.74) is 9.68. The van der Waals surface area contributed by atoms with E-state index in [0.717, 1.165) is 26.7 Å². The molecule has 0 aliphatic rings. The van der Waals surface area contributed by atoms with Gasteiger partial charge in [0.05, 0.1) is 22.0 Å². The van der Waals surface area contributed by atoms with E-state index in [2.05, 4.69) is 55.2 Å². The van der Waals surface area contributed by atoms with Gasteiger partial charge in [0.15, 0.2) is 0 Å². The Hall–Kier alpha value is -1.07. The lowest BCUT2D eigenvalue weighted by Gasteiger charge is -2.14. The van der Waals surface area contributed by atoms with E-state index in [1.54, 1.807) is 12.4 Å². The number of pyridine rings is 1. The summed E-state index contributed by atoms with van der Waals surface area (Å²) in [6.45, 7) is 2.12. The van der Waals surface area contributed by atoms with E-state index in [9.17, 15) is 0 Å². The van der Waals surface area contributed by atoms with Crippen molar-refractivity contribution < 1.29 is 0 Å². The van der Waals surface area contributed by atoms with Gasteiger partial charge in [0, 0.05) is 16.4 Å². The number of benzene rings is 1. The third-order valence-electron chi connectivity index (χ3n) is 2.64. The summed E-state index contributed by atoms with van der Waals surface area (Å²) in [4.78, 5) is 4.02. The largest absolute Gasteiger partial charge is 0.396 e. The highest BCUT2D eigenvalue weighted by atomic mass is 79.9. The van der Waals surface area contributed by atoms with Crippen LogP contribution in [0.15, 0.2) is 39.5 Å². The van der Waals surface area contributed by atoms with Crippen molar-refractivity contribution in [3.8, 4) is 0 Å². The number of hydrogen-bond acceptors (Lipinski definition) is 3. The smallest absolute Gasteiger partial charge is 0.0794 e. The molecule has 0 spiro atoms. The van der Waals surface area contributed by atoms with E-state index < -0.39 is 0 Å². The molecule has 1 heterocycles. The average Bonchev–Trinajstić information content (AvgIpc) is 2.35. The second-order valence-electron chi connectivity index (χ2n) is 3.87. The maximum atomic E-state index is 5.93. The highest BCUT2D eigenvalue weighted by molar-refractivity contribution is 9.10. The zero-order valence-corrected chi connectivity index (χ0v) is 13.0. The molecule has 3 N–H and O–H groups in total. The Morgan fingerprint density at radius 2 is 2.06 bits per heavy atom. The van der Waals surface area contributed by atoms with Crippen molar-refractivity contribution in [1.82, 2.24) is 4.98 Å². The molecule has 2 aromatic rings. The summed E-state index contributed by atoms with van der Waals surface area (Å²) in [6, 6.07) is 6.15. The molecule has 0 saturated carbocycles. The number of rotatable bonds is 3. The zero-order valence-electron chi connectivity index (χ0n) is 9.87. The molecule has 2 rings (SSSR count). The molecule has 0 unspecified atom stereocenters. The Morgan fingerprint density at radius 1 is 1.28 bits per heavy atom. The van der Waals surface area contributed by atoms with Crippen molar-refractivity contribution in [3.63, 3.8) is 0 Å². The summed E-state index contributed by atoms with van der Waals surface area (Å²) in [5, 5.41) is 3.35. The molecule has 0 amide bonds. The Kier molecular flexibility index (Phi) is 4.24. The minimum atomic E-state index is 0.620. The van der Waals surface area contributed by atoms with Crippen LogP contribution < -0.4 is 11.1 Å². The molecule has 3 nitrogen and oxygen atoms in total. The maximum Gasteiger partial charge on any atom is 0.0794 e. The Morgan fingerprint density at radius 3 is 2.72 bits per heavy atom. The monoisotopic (exact) mass is 369 g/mol. The van der Waals surface area contributed by atoms with Crippen LogP contribution in [0, 0.1) is 0 Å². The molecule has 0 atom stereocenters. The summed E-state index contributed by atoms with van der Waals surface area (Å²) in [5.74, 6) is 0. The average molecular weight is 371 g/mol. The van der Waals surface area contributed by atoms with Gasteiger partial charge in [0.25, 0.3) is 0 Å². The lowest BCUT2D eigenvalue weighted by atomic mass is 10.1. The lowest BCUT2D eigenvalue weighted by molar-refractivity contribution is 1.14. The van der Waals surface area contributed by atoms with Crippen LogP contribution in [-0.4, -0.2) is 4.98 Å². The van der Waals surface area contributed by atoms with E-state index in [0.29, 0.717) is 5.69 Å². The van der Waals surface area contributed by atoms with Crippen molar-refractivity contribution in [3.05, 3.63) is 45.1 Å². The van der Waals surface area contributed by atoms with Gasteiger partial charge in [-0.2, -0.15) is 0 Å². The van der Waals surface area contributed by atoms with E-state index in [1.807, 2.05) is 12.1 Å². The van der Waals surface area contributed by atoms with Crippen LogP contribution in [0.1, 0.15) is 12.5 Å². The van der Waals surface area contributed by atoms with Crippen molar-refractivity contribution >= 4 is 48.9 Å². The van der Waals surface area contributed by atoms with Gasteiger partial charge in [0.2, 0.25) is 0 Å². The van der Waals surface area contributed by atoms with Crippen molar-refractivity contribution in [2.24, 2.45) is 0 Å². The zero-order chi connectivity index (χ0) is 13.1. The first-order valence-corrected chi connectivity index (χ1v) is 7.15. The van der Waals surface area contributed by atoms with Crippen LogP contribution in [-0.2, 0) is 6.42 Å². The fourth-order valence-electron chi connectivity index (χ4n) is 1.69. The molecule has 0 aliphatic heterocycles. The Bertz CT molecular complexity index is 550.